The van der Waals surface area contributed by atoms with Crippen molar-refractivity contribution in [3.63, 3.8) is 0 Å². The molecule has 0 saturated carbocycles. The molecule has 0 aromatic heterocycles. The van der Waals surface area contributed by atoms with E-state index in [4.69, 9.17) is 0 Å². The van der Waals surface area contributed by atoms with E-state index in [0.29, 0.717) is 6.87 Å². The van der Waals surface area contributed by atoms with Crippen molar-refractivity contribution >= 4 is 28.5 Å². The molecule has 0 N–H and O–H groups in total. The quantitative estimate of drug-likeness (QED) is 0.358. The predicted molar refractivity (Wildman–Crippen MR) is 128 cm³/mol. The van der Waals surface area contributed by atoms with Gasteiger partial charge in [0, 0.05) is 0 Å². The van der Waals surface area contributed by atoms with E-state index in [9.17, 15) is 0 Å². The van der Waals surface area contributed by atoms with Gasteiger partial charge in [-0.15, -0.1) is 15.6 Å². The molecule has 0 aromatic carbocycles. The zero-order chi connectivity index (χ0) is 19.4. The lowest BCUT2D eigenvalue weighted by Crippen LogP contribution is -2.57. The maximum absolute atomic E-state index is 2.57. The Kier molecular flexibility index (Phi) is 9.47. The van der Waals surface area contributed by atoms with Crippen LogP contribution in [-0.2, 0) is 0 Å². The lowest BCUT2D eigenvalue weighted by Gasteiger charge is -2.45. The fourth-order valence-corrected chi connectivity index (χ4v) is 17.5. The zero-order valence-corrected chi connectivity index (χ0v) is 20.7. The monoisotopic (exact) mass is 396 g/mol. The van der Waals surface area contributed by atoms with E-state index in [0.717, 1.165) is 28.7 Å². The maximum Gasteiger partial charge on any atom is 0.281 e. The third-order valence-electron chi connectivity index (χ3n) is 7.17. The van der Waals surface area contributed by atoms with Gasteiger partial charge in [-0.05, 0) is 76.5 Å². The van der Waals surface area contributed by atoms with Gasteiger partial charge >= 0.3 is 0 Å². The molecule has 2 nitrogen and oxygen atoms in total. The summed E-state index contributed by atoms with van der Waals surface area (Å²) in [6.07, 6.45) is 11.7. The fourth-order valence-electron chi connectivity index (χ4n) is 5.94. The Labute approximate surface area is 168 Å². The minimum absolute atomic E-state index is 0.130. The molecule has 0 spiro atoms. The Bertz CT molecular complexity index is 365. The number of hydrogen-bond donors (Lipinski definition) is 0. The first kappa shape index (κ1) is 23.2. The van der Waals surface area contributed by atoms with Gasteiger partial charge in [-0.3, -0.25) is 0 Å². The normalized spacial score (nSPS) is 30.7. The minimum atomic E-state index is 0.130. The third-order valence-corrected chi connectivity index (χ3v) is 16.4. The molecule has 4 atom stereocenters. The van der Waals surface area contributed by atoms with Gasteiger partial charge in [0.1, 0.15) is 0 Å². The Morgan fingerprint density at radius 2 is 0.885 bits per heavy atom. The van der Waals surface area contributed by atoms with Gasteiger partial charge in [0.15, 0.2) is 0 Å². The first-order valence-electron chi connectivity index (χ1n) is 11.3. The van der Waals surface area contributed by atoms with Crippen molar-refractivity contribution in [2.45, 2.75) is 102 Å². The predicted octanol–water partition coefficient (Wildman–Crippen LogP) is 5.83. The number of hydrogen-bond acceptors (Lipinski definition) is 2. The lowest BCUT2D eigenvalue weighted by atomic mass is 9.47. The molecule has 0 aliphatic carbocycles. The first-order valence-corrected chi connectivity index (χ1v) is 14.4. The summed E-state index contributed by atoms with van der Waals surface area (Å²) < 4.78 is 0. The average Bonchev–Trinajstić information content (AvgIpc) is 3.21. The van der Waals surface area contributed by atoms with Crippen LogP contribution in [0.5, 0.6) is 0 Å². The van der Waals surface area contributed by atoms with Crippen LogP contribution in [0.25, 0.3) is 0 Å². The summed E-state index contributed by atoms with van der Waals surface area (Å²) in [6, 6.07) is 0.958. The van der Waals surface area contributed by atoms with Crippen molar-refractivity contribution in [2.75, 3.05) is 28.2 Å². The van der Waals surface area contributed by atoms with Gasteiger partial charge in [-0.25, -0.2) is 0 Å². The van der Waals surface area contributed by atoms with Crippen molar-refractivity contribution in [1.29, 1.82) is 0 Å². The van der Waals surface area contributed by atoms with Crippen LogP contribution in [0, 0.1) is 0 Å². The van der Waals surface area contributed by atoms with E-state index in [-0.39, 0.29) is 15.6 Å². The molecule has 2 fully saturated rings. The lowest BCUT2D eigenvalue weighted by molar-refractivity contribution is 0.538. The van der Waals surface area contributed by atoms with E-state index in [2.05, 4.69) is 65.5 Å². The molecular formula is C20H44B2N2P2. The van der Waals surface area contributed by atoms with Crippen molar-refractivity contribution in [1.82, 2.24) is 9.62 Å². The van der Waals surface area contributed by atoms with Crippen LogP contribution < -0.4 is 0 Å². The summed E-state index contributed by atoms with van der Waals surface area (Å²) in [7, 11) is 9.64. The minimum Gasteiger partial charge on any atom is -0.339 e. The van der Waals surface area contributed by atoms with E-state index in [1.165, 1.54) is 51.4 Å². The Morgan fingerprint density at radius 3 is 1.08 bits per heavy atom. The second-order valence-electron chi connectivity index (χ2n) is 9.05. The maximum atomic E-state index is 2.57. The highest BCUT2D eigenvalue weighted by atomic mass is 31.2. The second kappa shape index (κ2) is 10.6. The van der Waals surface area contributed by atoms with Crippen LogP contribution in [0.15, 0.2) is 0 Å². The topological polar surface area (TPSA) is 6.48 Å². The van der Waals surface area contributed by atoms with Crippen molar-refractivity contribution in [2.24, 2.45) is 0 Å². The molecule has 150 valence electrons. The molecular weight excluding hydrogens is 352 g/mol. The summed E-state index contributed by atoms with van der Waals surface area (Å²) >= 11 is 0. The molecule has 6 heteroatoms. The Hall–Kier alpha value is 0.910. The highest BCUT2D eigenvalue weighted by Crippen LogP contribution is 2.73. The summed E-state index contributed by atoms with van der Waals surface area (Å²) in [4.78, 5) is 5.15. The smallest absolute Gasteiger partial charge is 0.281 e. The Balaban J connectivity index is 2.50. The largest absolute Gasteiger partial charge is 0.339 e. The molecule has 26 heavy (non-hydrogen) atoms. The van der Waals surface area contributed by atoms with Crippen molar-refractivity contribution in [3.05, 3.63) is 0 Å². The number of rotatable bonds is 9. The van der Waals surface area contributed by atoms with E-state index >= 15 is 0 Å². The van der Waals surface area contributed by atoms with Crippen LogP contribution in [0.3, 0.4) is 0 Å². The highest BCUT2D eigenvalue weighted by molar-refractivity contribution is 8.28. The van der Waals surface area contributed by atoms with Crippen LogP contribution in [-0.4, -0.2) is 73.4 Å². The average molecular weight is 396 g/mol. The molecule has 0 aromatic rings. The molecule has 0 bridgehead atoms. The van der Waals surface area contributed by atoms with Crippen molar-refractivity contribution < 1.29 is 0 Å². The molecule has 0 unspecified atom stereocenters. The van der Waals surface area contributed by atoms with E-state index in [1.807, 2.05) is 0 Å². The van der Waals surface area contributed by atoms with Gasteiger partial charge < -0.3 is 9.62 Å². The van der Waals surface area contributed by atoms with Gasteiger partial charge in [0.2, 0.25) is 6.04 Å². The summed E-state index contributed by atoms with van der Waals surface area (Å²) in [5, 5.41) is 0. The summed E-state index contributed by atoms with van der Waals surface area (Å²) in [5.74, 6) is 0. The van der Waals surface area contributed by atoms with E-state index < -0.39 is 0 Å². The van der Waals surface area contributed by atoms with E-state index in [1.54, 1.807) is 0 Å². The molecule has 2 rings (SSSR count). The Morgan fingerprint density at radius 1 is 0.615 bits per heavy atom. The fraction of sp³-hybridized carbons (Fsp3) is 1.00. The molecule has 2 aliphatic rings. The first-order chi connectivity index (χ1) is 12.4. The molecule has 2 saturated heterocycles. The van der Waals surface area contributed by atoms with Gasteiger partial charge in [-0.2, -0.15) is 0 Å². The highest BCUT2D eigenvalue weighted by Gasteiger charge is 2.54. The SMILES string of the molecule is CC[C@@H]1CC[C@@H](CC)P1B(B(N(C)C)N(C)C)P1[C@H](CC)CC[C@H]1CC. The standard InChI is InChI=1S/C20H44B2N2P2/c1-9-17-13-14-18(10-2)25(17)22(21(23(5)6)24(7)8)26-19(11-3)15-16-20(26)12-4/h17-20H,9-16H2,1-8H3/t17-,18-,19-,20-/m1/s1. The van der Waals surface area contributed by atoms with Crippen LogP contribution >= 0.6 is 15.6 Å². The molecule has 2 heterocycles. The molecule has 2 aliphatic heterocycles. The third kappa shape index (κ3) is 4.72. The summed E-state index contributed by atoms with van der Waals surface area (Å²) in [6.45, 7) is 10.5. The van der Waals surface area contributed by atoms with Crippen LogP contribution in [0.4, 0.5) is 0 Å². The van der Waals surface area contributed by atoms with Gasteiger partial charge in [0.25, 0.3) is 6.87 Å². The van der Waals surface area contributed by atoms with Crippen molar-refractivity contribution in [3.8, 4) is 0 Å². The van der Waals surface area contributed by atoms with Crippen LogP contribution in [0.2, 0.25) is 0 Å². The second-order valence-corrected chi connectivity index (χ2v) is 15.3. The summed E-state index contributed by atoms with van der Waals surface area (Å²) in [5.41, 5.74) is 4.11. The number of nitrogens with zero attached hydrogens (tertiary/aromatic N) is 2. The zero-order valence-electron chi connectivity index (χ0n) is 18.9. The van der Waals surface area contributed by atoms with Gasteiger partial charge in [0.05, 0.1) is 0 Å². The van der Waals surface area contributed by atoms with Gasteiger partial charge in [-0.1, -0.05) is 53.4 Å². The van der Waals surface area contributed by atoms with Crippen LogP contribution in [0.1, 0.15) is 79.1 Å². The molecule has 0 amide bonds. The molecule has 0 radical (unpaired) electrons.